The maximum absolute atomic E-state index is 11.1. The first-order valence-electron chi connectivity index (χ1n) is 3.51. The zero-order valence-electron chi connectivity index (χ0n) is 7.17. The first-order valence-corrected chi connectivity index (χ1v) is 6.29. The largest absolute Gasteiger partial charge is 0.396 e. The summed E-state index contributed by atoms with van der Waals surface area (Å²) in [6.45, 7) is 3.42. The Balaban J connectivity index is 4.24. The Morgan fingerprint density at radius 2 is 2.00 bits per heavy atom. The molecule has 0 fully saturated rings. The highest BCUT2D eigenvalue weighted by Gasteiger charge is 2.22. The Bertz CT molecular complexity index is 225. The molecule has 4 nitrogen and oxygen atoms in total. The quantitative estimate of drug-likeness (QED) is 0.704. The van der Waals surface area contributed by atoms with Crippen molar-refractivity contribution in [2.75, 3.05) is 11.3 Å². The second-order valence-corrected chi connectivity index (χ2v) is 6.21. The second kappa shape index (κ2) is 4.55. The van der Waals surface area contributed by atoms with E-state index in [-0.39, 0.29) is 11.3 Å². The number of nitrogens with one attached hydrogen (secondary N) is 1. The van der Waals surface area contributed by atoms with Gasteiger partial charge in [0.05, 0.1) is 0 Å². The van der Waals surface area contributed by atoms with Crippen LogP contribution in [-0.2, 0) is 10.0 Å². The molecule has 2 N–H and O–H groups in total. The number of hydrogen-bond donors (Lipinski definition) is 2. The summed E-state index contributed by atoms with van der Waals surface area (Å²) >= 11 is 2.86. The van der Waals surface area contributed by atoms with Crippen LogP contribution in [0.2, 0.25) is 0 Å². The van der Waals surface area contributed by atoms with Gasteiger partial charge in [-0.25, -0.2) is 13.1 Å². The van der Waals surface area contributed by atoms with Gasteiger partial charge in [-0.05, 0) is 20.3 Å². The number of sulfonamides is 1. The Morgan fingerprint density at radius 1 is 1.50 bits per heavy atom. The van der Waals surface area contributed by atoms with Crippen LogP contribution in [-0.4, -0.2) is 30.3 Å². The van der Waals surface area contributed by atoms with Gasteiger partial charge in [0.2, 0.25) is 10.0 Å². The molecule has 0 amide bonds. The van der Waals surface area contributed by atoms with Crippen molar-refractivity contribution in [2.24, 2.45) is 0 Å². The van der Waals surface area contributed by atoms with Crippen molar-refractivity contribution in [2.45, 2.75) is 25.8 Å². The molecule has 6 heteroatoms. The smallest absolute Gasteiger partial charge is 0.222 e. The number of alkyl halides is 1. The number of hydrogen-bond acceptors (Lipinski definition) is 3. The third-order valence-electron chi connectivity index (χ3n) is 1.31. The average Bonchev–Trinajstić information content (AvgIpc) is 1.85. The Kier molecular flexibility index (Phi) is 4.68. The van der Waals surface area contributed by atoms with Crippen LogP contribution in [0.1, 0.15) is 20.3 Å². The fourth-order valence-corrected chi connectivity index (χ4v) is 2.12. The van der Waals surface area contributed by atoms with E-state index in [0.29, 0.717) is 6.42 Å². The summed E-state index contributed by atoms with van der Waals surface area (Å²) in [5, 5.41) is 8.62. The molecule has 0 radical (unpaired) electrons. The summed E-state index contributed by atoms with van der Waals surface area (Å²) in [4.78, 5) is 0. The fraction of sp³-hybridized carbons (Fsp3) is 1.00. The lowest BCUT2D eigenvalue weighted by Gasteiger charge is -2.24. The molecule has 12 heavy (non-hydrogen) atoms. The van der Waals surface area contributed by atoms with Gasteiger partial charge in [-0.3, -0.25) is 0 Å². The highest BCUT2D eigenvalue weighted by Crippen LogP contribution is 2.09. The topological polar surface area (TPSA) is 66.4 Å². The van der Waals surface area contributed by atoms with Gasteiger partial charge in [0.25, 0.3) is 0 Å². The van der Waals surface area contributed by atoms with E-state index in [4.69, 9.17) is 5.11 Å². The summed E-state index contributed by atoms with van der Waals surface area (Å²) < 4.78 is 24.4. The van der Waals surface area contributed by atoms with Gasteiger partial charge in [-0.15, -0.1) is 0 Å². The minimum absolute atomic E-state index is 0.0300. The fourth-order valence-electron chi connectivity index (χ4n) is 0.779. The van der Waals surface area contributed by atoms with Gasteiger partial charge in [0, 0.05) is 12.1 Å². The number of aliphatic hydroxyl groups excluding tert-OH is 1. The highest BCUT2D eigenvalue weighted by atomic mass is 79.9. The zero-order chi connectivity index (χ0) is 9.83. The molecule has 0 aromatic rings. The van der Waals surface area contributed by atoms with Crippen LogP contribution in [0.4, 0.5) is 0 Å². The molecule has 0 aromatic heterocycles. The minimum Gasteiger partial charge on any atom is -0.396 e. The number of halogens is 1. The van der Waals surface area contributed by atoms with Gasteiger partial charge >= 0.3 is 0 Å². The first kappa shape index (κ1) is 12.3. The number of aliphatic hydroxyl groups is 1. The minimum atomic E-state index is -3.24. The lowest BCUT2D eigenvalue weighted by molar-refractivity contribution is 0.246. The lowest BCUT2D eigenvalue weighted by Crippen LogP contribution is -2.44. The molecular formula is C6H14BrNO3S. The van der Waals surface area contributed by atoms with Crippen molar-refractivity contribution in [3.63, 3.8) is 0 Å². The normalized spacial score (nSPS) is 13.3. The van der Waals surface area contributed by atoms with Crippen LogP contribution < -0.4 is 4.72 Å². The van der Waals surface area contributed by atoms with E-state index < -0.39 is 15.6 Å². The van der Waals surface area contributed by atoms with Crippen LogP contribution in [0, 0.1) is 0 Å². The zero-order valence-corrected chi connectivity index (χ0v) is 9.57. The summed E-state index contributed by atoms with van der Waals surface area (Å²) in [6.07, 6.45) is 0.402. The van der Waals surface area contributed by atoms with Crippen molar-refractivity contribution in [3.8, 4) is 0 Å². The van der Waals surface area contributed by atoms with E-state index in [1.807, 2.05) is 0 Å². The first-order chi connectivity index (χ1) is 5.33. The van der Waals surface area contributed by atoms with E-state index >= 15 is 0 Å². The summed E-state index contributed by atoms with van der Waals surface area (Å²) in [5.41, 5.74) is -0.582. The molecule has 0 aromatic carbocycles. The molecule has 0 unspecified atom stereocenters. The molecular weight excluding hydrogens is 246 g/mol. The van der Waals surface area contributed by atoms with Crippen LogP contribution in [0.15, 0.2) is 0 Å². The molecule has 0 saturated heterocycles. The third kappa shape index (κ3) is 5.08. The van der Waals surface area contributed by atoms with Gasteiger partial charge in [-0.1, -0.05) is 15.9 Å². The molecule has 0 rings (SSSR count). The van der Waals surface area contributed by atoms with Crippen molar-refractivity contribution >= 4 is 26.0 Å². The van der Waals surface area contributed by atoms with Crippen molar-refractivity contribution in [3.05, 3.63) is 0 Å². The molecule has 0 bridgehead atoms. The van der Waals surface area contributed by atoms with Gasteiger partial charge in [-0.2, -0.15) is 0 Å². The van der Waals surface area contributed by atoms with Gasteiger partial charge < -0.3 is 5.11 Å². The predicted molar refractivity (Wildman–Crippen MR) is 51.6 cm³/mol. The van der Waals surface area contributed by atoms with Crippen molar-refractivity contribution in [1.29, 1.82) is 0 Å². The maximum Gasteiger partial charge on any atom is 0.222 e. The molecule has 74 valence electrons. The summed E-state index contributed by atoms with van der Waals surface area (Å²) in [6, 6.07) is 0. The van der Waals surface area contributed by atoms with Crippen LogP contribution in [0.5, 0.6) is 0 Å². The summed E-state index contributed by atoms with van der Waals surface area (Å²) in [7, 11) is -3.24. The molecule has 0 heterocycles. The van der Waals surface area contributed by atoms with Crippen LogP contribution in [0.3, 0.4) is 0 Å². The van der Waals surface area contributed by atoms with Gasteiger partial charge in [0.15, 0.2) is 0 Å². The second-order valence-electron chi connectivity index (χ2n) is 3.18. The predicted octanol–water partition coefficient (Wildman–Crippen LogP) is 0.419. The van der Waals surface area contributed by atoms with E-state index in [0.717, 1.165) is 0 Å². The highest BCUT2D eigenvalue weighted by molar-refractivity contribution is 9.10. The monoisotopic (exact) mass is 259 g/mol. The van der Waals surface area contributed by atoms with Crippen LogP contribution >= 0.6 is 15.9 Å². The average molecular weight is 260 g/mol. The van der Waals surface area contributed by atoms with Crippen molar-refractivity contribution < 1.29 is 13.5 Å². The van der Waals surface area contributed by atoms with E-state index in [9.17, 15) is 8.42 Å². The summed E-state index contributed by atoms with van der Waals surface area (Å²) in [5.74, 6) is 0. The molecule has 0 saturated carbocycles. The van der Waals surface area contributed by atoms with E-state index in [2.05, 4.69) is 20.7 Å². The van der Waals surface area contributed by atoms with Crippen molar-refractivity contribution in [1.82, 2.24) is 4.72 Å². The molecule has 0 atom stereocenters. The molecule has 0 spiro atoms. The van der Waals surface area contributed by atoms with E-state index in [1.54, 1.807) is 13.8 Å². The van der Waals surface area contributed by atoms with Crippen LogP contribution in [0.25, 0.3) is 0 Å². The lowest BCUT2D eigenvalue weighted by atomic mass is 10.0. The molecule has 0 aliphatic heterocycles. The van der Waals surface area contributed by atoms with Gasteiger partial charge in [0.1, 0.15) is 4.66 Å². The SMILES string of the molecule is CC(C)(CCO)NS(=O)(=O)CBr. The Labute approximate surface area is 81.5 Å². The Hall–Kier alpha value is 0.350. The third-order valence-corrected chi connectivity index (χ3v) is 4.27. The Morgan fingerprint density at radius 3 is 2.33 bits per heavy atom. The molecule has 0 aliphatic carbocycles. The number of rotatable bonds is 5. The molecule has 0 aliphatic rings. The van der Waals surface area contributed by atoms with E-state index in [1.165, 1.54) is 0 Å². The standard InChI is InChI=1S/C6H14BrNO3S/c1-6(2,3-4-9)8-12(10,11)5-7/h8-9H,3-5H2,1-2H3. The maximum atomic E-state index is 11.1.